The van der Waals surface area contributed by atoms with E-state index in [2.05, 4.69) is 12.0 Å². The molecule has 0 aliphatic carbocycles. The zero-order valence-corrected chi connectivity index (χ0v) is 9.67. The number of allylic oxidation sites excluding steroid dienone is 1. The highest BCUT2D eigenvalue weighted by Crippen LogP contribution is 2.20. The summed E-state index contributed by atoms with van der Waals surface area (Å²) in [6.07, 6.45) is 4.81. The van der Waals surface area contributed by atoms with Crippen LogP contribution >= 0.6 is 0 Å². The van der Waals surface area contributed by atoms with Crippen LogP contribution in [-0.4, -0.2) is 0 Å². The van der Waals surface area contributed by atoms with Gasteiger partial charge in [-0.3, -0.25) is 11.3 Å². The van der Waals surface area contributed by atoms with Gasteiger partial charge in [-0.2, -0.15) is 0 Å². The molecule has 0 amide bonds. The van der Waals surface area contributed by atoms with Crippen LogP contribution in [0.2, 0.25) is 0 Å². The molecule has 1 unspecified atom stereocenters. The van der Waals surface area contributed by atoms with Crippen molar-refractivity contribution in [1.82, 2.24) is 5.43 Å². The molecular weight excluding hydrogens is 203 g/mol. The SMILES string of the molecule is C=CCCCC(NN)c1ccc(F)c(C)c1. The predicted octanol–water partition coefficient (Wildman–Crippen LogP) is 2.99. The van der Waals surface area contributed by atoms with E-state index in [4.69, 9.17) is 5.84 Å². The fourth-order valence-corrected chi connectivity index (χ4v) is 1.70. The van der Waals surface area contributed by atoms with Crippen LogP contribution in [0, 0.1) is 12.7 Å². The maximum absolute atomic E-state index is 13.1. The lowest BCUT2D eigenvalue weighted by Crippen LogP contribution is -2.28. The van der Waals surface area contributed by atoms with Crippen LogP contribution in [-0.2, 0) is 0 Å². The first-order valence-corrected chi connectivity index (χ1v) is 5.52. The smallest absolute Gasteiger partial charge is 0.126 e. The normalized spacial score (nSPS) is 12.4. The van der Waals surface area contributed by atoms with Gasteiger partial charge in [0.2, 0.25) is 0 Å². The predicted molar refractivity (Wildman–Crippen MR) is 65.2 cm³/mol. The number of hydrogen-bond donors (Lipinski definition) is 2. The third-order valence-corrected chi connectivity index (χ3v) is 2.69. The van der Waals surface area contributed by atoms with Crippen molar-refractivity contribution in [3.63, 3.8) is 0 Å². The van der Waals surface area contributed by atoms with Crippen molar-refractivity contribution in [2.24, 2.45) is 5.84 Å². The Morgan fingerprint density at radius 3 is 2.88 bits per heavy atom. The molecule has 0 fully saturated rings. The average molecular weight is 222 g/mol. The molecule has 3 N–H and O–H groups in total. The van der Waals surface area contributed by atoms with Crippen molar-refractivity contribution in [3.05, 3.63) is 47.8 Å². The largest absolute Gasteiger partial charge is 0.271 e. The number of rotatable bonds is 6. The molecule has 0 heterocycles. The molecule has 1 atom stereocenters. The summed E-state index contributed by atoms with van der Waals surface area (Å²) < 4.78 is 13.1. The second kappa shape index (κ2) is 6.40. The average Bonchev–Trinajstić information content (AvgIpc) is 2.29. The van der Waals surface area contributed by atoms with Crippen LogP contribution in [0.3, 0.4) is 0 Å². The molecular formula is C13H19FN2. The highest BCUT2D eigenvalue weighted by Gasteiger charge is 2.10. The fourth-order valence-electron chi connectivity index (χ4n) is 1.70. The molecule has 0 aromatic heterocycles. The summed E-state index contributed by atoms with van der Waals surface area (Å²) in [7, 11) is 0. The first-order chi connectivity index (χ1) is 7.69. The maximum atomic E-state index is 13.1. The fraction of sp³-hybridized carbons (Fsp3) is 0.385. The van der Waals surface area contributed by atoms with E-state index in [0.717, 1.165) is 24.8 Å². The van der Waals surface area contributed by atoms with E-state index in [9.17, 15) is 4.39 Å². The number of halogens is 1. The zero-order chi connectivity index (χ0) is 12.0. The Kier molecular flexibility index (Phi) is 5.15. The van der Waals surface area contributed by atoms with Crippen LogP contribution in [0.1, 0.15) is 36.4 Å². The molecule has 0 aliphatic heterocycles. The van der Waals surface area contributed by atoms with Crippen LogP contribution in [0.4, 0.5) is 4.39 Å². The Morgan fingerprint density at radius 1 is 1.56 bits per heavy atom. The summed E-state index contributed by atoms with van der Waals surface area (Å²) >= 11 is 0. The van der Waals surface area contributed by atoms with Gasteiger partial charge in [0, 0.05) is 6.04 Å². The van der Waals surface area contributed by atoms with Gasteiger partial charge in [-0.25, -0.2) is 4.39 Å². The Hall–Kier alpha value is -1.19. The third-order valence-electron chi connectivity index (χ3n) is 2.69. The Bertz CT molecular complexity index is 350. The molecule has 2 nitrogen and oxygen atoms in total. The summed E-state index contributed by atoms with van der Waals surface area (Å²) in [5.74, 6) is 5.33. The summed E-state index contributed by atoms with van der Waals surface area (Å²) in [5, 5.41) is 0. The van der Waals surface area contributed by atoms with Crippen LogP contribution < -0.4 is 11.3 Å². The quantitative estimate of drug-likeness (QED) is 0.336. The molecule has 0 aliphatic rings. The number of aryl methyl sites for hydroxylation is 1. The number of nitrogens with two attached hydrogens (primary N) is 1. The molecule has 0 saturated heterocycles. The van der Waals surface area contributed by atoms with Gasteiger partial charge in [-0.1, -0.05) is 18.2 Å². The lowest BCUT2D eigenvalue weighted by atomic mass is 10.00. The molecule has 88 valence electrons. The number of hydrogen-bond acceptors (Lipinski definition) is 2. The minimum Gasteiger partial charge on any atom is -0.271 e. The van der Waals surface area contributed by atoms with E-state index in [1.54, 1.807) is 13.0 Å². The first-order valence-electron chi connectivity index (χ1n) is 5.52. The first kappa shape index (κ1) is 12.9. The van der Waals surface area contributed by atoms with Gasteiger partial charge < -0.3 is 0 Å². The zero-order valence-electron chi connectivity index (χ0n) is 9.67. The highest BCUT2D eigenvalue weighted by atomic mass is 19.1. The van der Waals surface area contributed by atoms with Gasteiger partial charge in [0.15, 0.2) is 0 Å². The second-order valence-electron chi connectivity index (χ2n) is 3.95. The van der Waals surface area contributed by atoms with E-state index in [1.807, 2.05) is 12.1 Å². The summed E-state index contributed by atoms with van der Waals surface area (Å²) in [4.78, 5) is 0. The van der Waals surface area contributed by atoms with E-state index < -0.39 is 0 Å². The minimum absolute atomic E-state index is 0.0826. The highest BCUT2D eigenvalue weighted by molar-refractivity contribution is 5.26. The molecule has 0 radical (unpaired) electrons. The van der Waals surface area contributed by atoms with Crippen molar-refractivity contribution in [2.75, 3.05) is 0 Å². The molecule has 16 heavy (non-hydrogen) atoms. The standard InChI is InChI=1S/C13H19FN2/c1-3-4-5-6-13(16-15)11-7-8-12(14)10(2)9-11/h3,7-9,13,16H,1,4-6,15H2,2H3. The van der Waals surface area contributed by atoms with Crippen LogP contribution in [0.5, 0.6) is 0 Å². The lowest BCUT2D eigenvalue weighted by molar-refractivity contribution is 0.499. The summed E-state index contributed by atoms with van der Waals surface area (Å²) in [5.41, 5.74) is 4.45. The van der Waals surface area contributed by atoms with E-state index >= 15 is 0 Å². The van der Waals surface area contributed by atoms with Crippen LogP contribution in [0.25, 0.3) is 0 Å². The Balaban J connectivity index is 2.70. The van der Waals surface area contributed by atoms with E-state index in [1.165, 1.54) is 6.07 Å². The van der Waals surface area contributed by atoms with Crippen molar-refractivity contribution in [3.8, 4) is 0 Å². The molecule has 3 heteroatoms. The molecule has 1 aromatic carbocycles. The Morgan fingerprint density at radius 2 is 2.31 bits per heavy atom. The van der Waals surface area contributed by atoms with Gasteiger partial charge in [-0.05, 0) is 43.4 Å². The maximum Gasteiger partial charge on any atom is 0.126 e. The van der Waals surface area contributed by atoms with Gasteiger partial charge in [0.25, 0.3) is 0 Å². The number of unbranched alkanes of at least 4 members (excludes halogenated alkanes) is 1. The molecule has 0 bridgehead atoms. The molecule has 1 rings (SSSR count). The van der Waals surface area contributed by atoms with Gasteiger partial charge >= 0.3 is 0 Å². The summed E-state index contributed by atoms with van der Waals surface area (Å²) in [6.45, 7) is 5.44. The van der Waals surface area contributed by atoms with Crippen molar-refractivity contribution in [1.29, 1.82) is 0 Å². The number of hydrazine groups is 1. The van der Waals surface area contributed by atoms with E-state index in [-0.39, 0.29) is 11.9 Å². The molecule has 0 saturated carbocycles. The lowest BCUT2D eigenvalue weighted by Gasteiger charge is -2.16. The van der Waals surface area contributed by atoms with Gasteiger partial charge in [-0.15, -0.1) is 6.58 Å². The minimum atomic E-state index is -0.175. The monoisotopic (exact) mass is 222 g/mol. The van der Waals surface area contributed by atoms with Crippen molar-refractivity contribution in [2.45, 2.75) is 32.2 Å². The number of benzene rings is 1. The van der Waals surface area contributed by atoms with Crippen molar-refractivity contribution >= 4 is 0 Å². The summed E-state index contributed by atoms with van der Waals surface area (Å²) in [6, 6.07) is 5.19. The molecule has 0 spiro atoms. The second-order valence-corrected chi connectivity index (χ2v) is 3.95. The number of nitrogens with one attached hydrogen (secondary N) is 1. The van der Waals surface area contributed by atoms with Gasteiger partial charge in [0.05, 0.1) is 0 Å². The Labute approximate surface area is 96.3 Å². The molecule has 1 aromatic rings. The van der Waals surface area contributed by atoms with Crippen molar-refractivity contribution < 1.29 is 4.39 Å². The third kappa shape index (κ3) is 3.43. The van der Waals surface area contributed by atoms with Crippen LogP contribution in [0.15, 0.2) is 30.9 Å². The van der Waals surface area contributed by atoms with E-state index in [0.29, 0.717) is 5.56 Å². The topological polar surface area (TPSA) is 38.0 Å². The van der Waals surface area contributed by atoms with Gasteiger partial charge in [0.1, 0.15) is 5.82 Å².